The topological polar surface area (TPSA) is 91.8 Å². The molecule has 0 spiro atoms. The van der Waals surface area contributed by atoms with Crippen molar-refractivity contribution >= 4 is 5.91 Å². The van der Waals surface area contributed by atoms with Gasteiger partial charge in [0.1, 0.15) is 0 Å². The molecule has 0 unspecified atom stereocenters. The number of benzene rings is 1. The zero-order chi connectivity index (χ0) is 11.1. The Morgan fingerprint density at radius 2 is 2.13 bits per heavy atom. The molecule has 0 atom stereocenters. The first-order valence-electron chi connectivity index (χ1n) is 4.13. The van der Waals surface area contributed by atoms with Crippen LogP contribution in [0, 0.1) is 11.8 Å². The number of nitrogens with two attached hydrogens (primary N) is 1. The number of carbonyl (C=O) groups excluding carboxylic acids is 1. The van der Waals surface area contributed by atoms with Crippen LogP contribution < -0.4 is 5.73 Å². The Morgan fingerprint density at radius 3 is 2.67 bits per heavy atom. The van der Waals surface area contributed by atoms with Gasteiger partial charge >= 0.3 is 0 Å². The summed E-state index contributed by atoms with van der Waals surface area (Å²) in [6, 6.07) is 6.56. The third-order valence-corrected chi connectivity index (χ3v) is 1.62. The maximum atomic E-state index is 10.7. The Bertz CT molecular complexity index is 460. The van der Waals surface area contributed by atoms with E-state index in [1.807, 2.05) is 0 Å². The van der Waals surface area contributed by atoms with Crippen LogP contribution in [0.3, 0.4) is 0 Å². The summed E-state index contributed by atoms with van der Waals surface area (Å²) >= 11 is 0. The first kappa shape index (κ1) is 10.6. The highest BCUT2D eigenvalue weighted by atomic mass is 16.1. The second kappa shape index (κ2) is 5.32. The minimum atomic E-state index is -0.469. The molecule has 2 N–H and O–H groups in total. The lowest BCUT2D eigenvalue weighted by atomic mass is 10.1. The van der Waals surface area contributed by atoms with Gasteiger partial charge in [-0.3, -0.25) is 4.79 Å². The summed E-state index contributed by atoms with van der Waals surface area (Å²) in [4.78, 5) is 13.3. The molecule has 15 heavy (non-hydrogen) atoms. The van der Waals surface area contributed by atoms with Crippen molar-refractivity contribution in [2.75, 3.05) is 6.54 Å². The number of rotatable bonds is 2. The van der Waals surface area contributed by atoms with Crippen molar-refractivity contribution in [2.45, 2.75) is 0 Å². The number of hydrogen-bond acceptors (Lipinski definition) is 2. The van der Waals surface area contributed by atoms with Crippen molar-refractivity contribution in [1.82, 2.24) is 0 Å². The first-order chi connectivity index (χ1) is 7.24. The number of nitrogens with zero attached hydrogens (tertiary/aromatic N) is 3. The molecule has 0 bridgehead atoms. The molecule has 0 aliphatic carbocycles. The summed E-state index contributed by atoms with van der Waals surface area (Å²) < 4.78 is 0. The monoisotopic (exact) mass is 200 g/mol. The average Bonchev–Trinajstić information content (AvgIpc) is 2.25. The van der Waals surface area contributed by atoms with Gasteiger partial charge in [0.15, 0.2) is 0 Å². The molecule has 0 aliphatic rings. The summed E-state index contributed by atoms with van der Waals surface area (Å²) in [5, 5.41) is 3.27. The molecular weight excluding hydrogens is 192 g/mol. The third-order valence-electron chi connectivity index (χ3n) is 1.62. The van der Waals surface area contributed by atoms with Gasteiger partial charge in [-0.1, -0.05) is 17.0 Å². The maximum Gasteiger partial charge on any atom is 0.248 e. The van der Waals surface area contributed by atoms with E-state index in [4.69, 9.17) is 11.3 Å². The number of azide groups is 1. The molecule has 0 radical (unpaired) electrons. The molecule has 5 nitrogen and oxygen atoms in total. The first-order valence-corrected chi connectivity index (χ1v) is 4.13. The molecule has 0 fully saturated rings. The van der Waals surface area contributed by atoms with E-state index >= 15 is 0 Å². The van der Waals surface area contributed by atoms with E-state index in [1.54, 1.807) is 24.3 Å². The van der Waals surface area contributed by atoms with Crippen LogP contribution >= 0.6 is 0 Å². The van der Waals surface area contributed by atoms with Crippen LogP contribution in [0.15, 0.2) is 29.4 Å². The molecule has 0 saturated carbocycles. The van der Waals surface area contributed by atoms with Crippen LogP contribution in [0.1, 0.15) is 15.9 Å². The molecule has 0 aliphatic heterocycles. The standard InChI is InChI=1S/C10H8N4O/c11-10(15)9-5-3-8(4-6-9)2-1-7-13-14-12/h3-6H,7H2,(H2,11,15). The SMILES string of the molecule is [N-]=[N+]=NCC#Cc1ccc(C(N)=O)cc1. The van der Waals surface area contributed by atoms with Crippen LogP contribution in [-0.2, 0) is 0 Å². The van der Waals surface area contributed by atoms with Gasteiger partial charge in [-0.2, -0.15) is 0 Å². The molecule has 1 aromatic carbocycles. The normalized spacial score (nSPS) is 8.27. The predicted molar refractivity (Wildman–Crippen MR) is 55.9 cm³/mol. The van der Waals surface area contributed by atoms with Crippen LogP contribution in [0.25, 0.3) is 10.4 Å². The van der Waals surface area contributed by atoms with E-state index < -0.39 is 5.91 Å². The molecule has 74 valence electrons. The van der Waals surface area contributed by atoms with Crippen LogP contribution in [-0.4, -0.2) is 12.5 Å². The lowest BCUT2D eigenvalue weighted by molar-refractivity contribution is 0.100. The van der Waals surface area contributed by atoms with Gasteiger partial charge in [-0.15, -0.1) is 0 Å². The molecule has 1 amide bonds. The molecule has 5 heteroatoms. The van der Waals surface area contributed by atoms with Crippen molar-refractivity contribution in [3.05, 3.63) is 45.8 Å². The Kier molecular flexibility index (Phi) is 3.78. The van der Waals surface area contributed by atoms with Gasteiger partial charge in [0, 0.05) is 16.0 Å². The second-order valence-electron chi connectivity index (χ2n) is 2.63. The van der Waals surface area contributed by atoms with Crippen molar-refractivity contribution in [3.8, 4) is 11.8 Å². The highest BCUT2D eigenvalue weighted by Gasteiger charge is 1.97. The quantitative estimate of drug-likeness (QED) is 0.332. The minimum absolute atomic E-state index is 0.133. The fourth-order valence-corrected chi connectivity index (χ4v) is 0.926. The predicted octanol–water partition coefficient (Wildman–Crippen LogP) is 1.45. The third kappa shape index (κ3) is 3.43. The zero-order valence-corrected chi connectivity index (χ0v) is 7.84. The van der Waals surface area contributed by atoms with Crippen molar-refractivity contribution in [3.63, 3.8) is 0 Å². The zero-order valence-electron chi connectivity index (χ0n) is 7.84. The van der Waals surface area contributed by atoms with Gasteiger partial charge in [-0.25, -0.2) is 0 Å². The number of amides is 1. The summed E-state index contributed by atoms with van der Waals surface area (Å²) in [7, 11) is 0. The number of hydrogen-bond donors (Lipinski definition) is 1. The summed E-state index contributed by atoms with van der Waals surface area (Å²) in [5.41, 5.74) is 14.3. The Hall–Kier alpha value is -2.44. The van der Waals surface area contributed by atoms with Crippen molar-refractivity contribution in [2.24, 2.45) is 10.8 Å². The van der Waals surface area contributed by atoms with Gasteiger partial charge in [-0.05, 0) is 29.8 Å². The van der Waals surface area contributed by atoms with Crippen LogP contribution in [0.2, 0.25) is 0 Å². The van der Waals surface area contributed by atoms with E-state index in [-0.39, 0.29) is 6.54 Å². The van der Waals surface area contributed by atoms with E-state index in [0.717, 1.165) is 5.56 Å². The highest BCUT2D eigenvalue weighted by Crippen LogP contribution is 2.01. The van der Waals surface area contributed by atoms with Crippen molar-refractivity contribution < 1.29 is 4.79 Å². The maximum absolute atomic E-state index is 10.7. The van der Waals surface area contributed by atoms with E-state index in [9.17, 15) is 4.79 Å². The molecule has 0 aromatic heterocycles. The molecule has 1 rings (SSSR count). The molecular formula is C10H8N4O. The molecule has 0 saturated heterocycles. The lowest BCUT2D eigenvalue weighted by Crippen LogP contribution is -2.10. The molecule has 0 heterocycles. The van der Waals surface area contributed by atoms with E-state index in [0.29, 0.717) is 5.56 Å². The highest BCUT2D eigenvalue weighted by molar-refractivity contribution is 5.92. The fraction of sp³-hybridized carbons (Fsp3) is 0.100. The Balaban J connectivity index is 2.75. The largest absolute Gasteiger partial charge is 0.366 e. The average molecular weight is 200 g/mol. The van der Waals surface area contributed by atoms with Gasteiger partial charge in [0.2, 0.25) is 5.91 Å². The summed E-state index contributed by atoms with van der Waals surface area (Å²) in [5.74, 6) is 4.97. The fourth-order valence-electron chi connectivity index (χ4n) is 0.926. The molecule has 1 aromatic rings. The number of carbonyl (C=O) groups is 1. The minimum Gasteiger partial charge on any atom is -0.366 e. The summed E-state index contributed by atoms with van der Waals surface area (Å²) in [6.45, 7) is 0.133. The van der Waals surface area contributed by atoms with Crippen LogP contribution in [0.4, 0.5) is 0 Å². The summed E-state index contributed by atoms with van der Waals surface area (Å²) in [6.07, 6.45) is 0. The number of primary amides is 1. The smallest absolute Gasteiger partial charge is 0.248 e. The Labute approximate surface area is 86.5 Å². The van der Waals surface area contributed by atoms with Gasteiger partial charge in [0.05, 0.1) is 6.54 Å². The second-order valence-corrected chi connectivity index (χ2v) is 2.63. The van der Waals surface area contributed by atoms with Gasteiger partial charge < -0.3 is 5.73 Å². The van der Waals surface area contributed by atoms with E-state index in [1.165, 1.54) is 0 Å². The van der Waals surface area contributed by atoms with Crippen LogP contribution in [0.5, 0.6) is 0 Å². The van der Waals surface area contributed by atoms with Crippen molar-refractivity contribution in [1.29, 1.82) is 0 Å². The Morgan fingerprint density at radius 1 is 1.47 bits per heavy atom. The van der Waals surface area contributed by atoms with Gasteiger partial charge in [0.25, 0.3) is 0 Å². The van der Waals surface area contributed by atoms with E-state index in [2.05, 4.69) is 21.9 Å². The lowest BCUT2D eigenvalue weighted by Gasteiger charge is -1.94.